The summed E-state index contributed by atoms with van der Waals surface area (Å²) in [5.74, 6) is 0.720. The number of hydrogen-bond acceptors (Lipinski definition) is 5. The van der Waals surface area contributed by atoms with Crippen molar-refractivity contribution in [1.82, 2.24) is 10.2 Å². The van der Waals surface area contributed by atoms with E-state index in [-0.39, 0.29) is 30.6 Å². The standard InChI is InChI=1S/C17H22N2O5S/c1-3-18-17(20)19(13-15-9-7-11-23-15)12-14-8-5-6-10-16(14)24-25(21,22)4-2/h5-11H,3-4,12-13H2,1-2H3,(H,18,20). The fourth-order valence-corrected chi connectivity index (χ4v) is 2.72. The molecule has 0 bridgehead atoms. The lowest BCUT2D eigenvalue weighted by Crippen LogP contribution is -2.39. The van der Waals surface area contributed by atoms with Crippen LogP contribution in [0.4, 0.5) is 4.79 Å². The summed E-state index contributed by atoms with van der Waals surface area (Å²) in [5, 5.41) is 2.74. The zero-order chi connectivity index (χ0) is 18.3. The van der Waals surface area contributed by atoms with Crippen molar-refractivity contribution in [3.8, 4) is 5.75 Å². The Morgan fingerprint density at radius 1 is 1.16 bits per heavy atom. The smallest absolute Gasteiger partial charge is 0.318 e. The van der Waals surface area contributed by atoms with Crippen molar-refractivity contribution in [2.75, 3.05) is 12.3 Å². The molecule has 0 unspecified atom stereocenters. The number of furan rings is 1. The van der Waals surface area contributed by atoms with E-state index in [9.17, 15) is 13.2 Å². The maximum absolute atomic E-state index is 12.3. The Bertz CT molecular complexity index is 787. The molecule has 25 heavy (non-hydrogen) atoms. The topological polar surface area (TPSA) is 88.8 Å². The Morgan fingerprint density at radius 3 is 2.56 bits per heavy atom. The van der Waals surface area contributed by atoms with Gasteiger partial charge in [-0.1, -0.05) is 18.2 Å². The van der Waals surface area contributed by atoms with Crippen LogP contribution in [-0.2, 0) is 23.2 Å². The molecule has 0 radical (unpaired) electrons. The minimum Gasteiger partial charge on any atom is -0.467 e. The van der Waals surface area contributed by atoms with Crippen molar-refractivity contribution in [1.29, 1.82) is 0 Å². The summed E-state index contributed by atoms with van der Waals surface area (Å²) in [5.41, 5.74) is 0.595. The molecule has 7 nitrogen and oxygen atoms in total. The van der Waals surface area contributed by atoms with Gasteiger partial charge in [0.25, 0.3) is 0 Å². The van der Waals surface area contributed by atoms with Gasteiger partial charge in [-0.05, 0) is 32.0 Å². The van der Waals surface area contributed by atoms with Crippen LogP contribution in [0.2, 0.25) is 0 Å². The van der Waals surface area contributed by atoms with Gasteiger partial charge in [-0.3, -0.25) is 0 Å². The van der Waals surface area contributed by atoms with Crippen LogP contribution in [0.3, 0.4) is 0 Å². The molecule has 0 atom stereocenters. The lowest BCUT2D eigenvalue weighted by Gasteiger charge is -2.23. The van der Waals surface area contributed by atoms with Crippen LogP contribution in [0, 0.1) is 0 Å². The summed E-state index contributed by atoms with van der Waals surface area (Å²) in [6.45, 7) is 4.26. The molecule has 0 saturated heterocycles. The molecule has 2 rings (SSSR count). The highest BCUT2D eigenvalue weighted by Crippen LogP contribution is 2.22. The minimum absolute atomic E-state index is 0.131. The summed E-state index contributed by atoms with van der Waals surface area (Å²) >= 11 is 0. The molecule has 0 saturated carbocycles. The molecular formula is C17H22N2O5S. The highest BCUT2D eigenvalue weighted by atomic mass is 32.2. The number of hydrogen-bond donors (Lipinski definition) is 1. The third kappa shape index (κ3) is 5.53. The van der Waals surface area contributed by atoms with Crippen molar-refractivity contribution in [3.05, 3.63) is 54.0 Å². The number of carbonyl (C=O) groups is 1. The van der Waals surface area contributed by atoms with Crippen LogP contribution in [-0.4, -0.2) is 31.6 Å². The highest BCUT2D eigenvalue weighted by Gasteiger charge is 2.19. The van der Waals surface area contributed by atoms with Crippen LogP contribution >= 0.6 is 0 Å². The molecule has 2 aromatic rings. The van der Waals surface area contributed by atoms with Gasteiger partial charge >= 0.3 is 16.1 Å². The number of para-hydroxylation sites is 1. The number of rotatable bonds is 8. The number of nitrogens with one attached hydrogen (secondary N) is 1. The third-order valence-corrected chi connectivity index (χ3v) is 4.59. The van der Waals surface area contributed by atoms with E-state index in [1.165, 1.54) is 18.1 Å². The molecule has 8 heteroatoms. The summed E-state index contributed by atoms with van der Waals surface area (Å²) in [4.78, 5) is 13.9. The molecular weight excluding hydrogens is 344 g/mol. The molecule has 0 spiro atoms. The number of carbonyl (C=O) groups excluding carboxylic acids is 1. The summed E-state index contributed by atoms with van der Waals surface area (Å²) in [6, 6.07) is 10.0. The second-order valence-corrected chi connectivity index (χ2v) is 7.17. The predicted octanol–water partition coefficient (Wildman–Crippen LogP) is 2.74. The number of amides is 2. The second-order valence-electron chi connectivity index (χ2n) is 5.31. The maximum Gasteiger partial charge on any atom is 0.318 e. The van der Waals surface area contributed by atoms with E-state index in [0.717, 1.165) is 0 Å². The summed E-state index contributed by atoms with van der Waals surface area (Å²) < 4.78 is 34.0. The van der Waals surface area contributed by atoms with E-state index < -0.39 is 10.1 Å². The quantitative estimate of drug-likeness (QED) is 0.726. The minimum atomic E-state index is -3.65. The van der Waals surface area contributed by atoms with Gasteiger partial charge in [0, 0.05) is 12.1 Å². The van der Waals surface area contributed by atoms with E-state index in [0.29, 0.717) is 17.9 Å². The Hall–Kier alpha value is -2.48. The Kier molecular flexibility index (Phi) is 6.46. The third-order valence-electron chi connectivity index (χ3n) is 3.45. The van der Waals surface area contributed by atoms with Crippen molar-refractivity contribution in [3.63, 3.8) is 0 Å². The van der Waals surface area contributed by atoms with Crippen molar-refractivity contribution < 1.29 is 21.8 Å². The van der Waals surface area contributed by atoms with E-state index in [4.69, 9.17) is 8.60 Å². The first kappa shape index (κ1) is 18.9. The number of urea groups is 1. The first-order chi connectivity index (χ1) is 11.9. The van der Waals surface area contributed by atoms with Gasteiger partial charge < -0.3 is 18.8 Å². The van der Waals surface area contributed by atoms with Crippen LogP contribution < -0.4 is 9.50 Å². The van der Waals surface area contributed by atoms with Crippen LogP contribution in [0.5, 0.6) is 5.75 Å². The van der Waals surface area contributed by atoms with Crippen LogP contribution in [0.25, 0.3) is 0 Å². The molecule has 2 amide bonds. The van der Waals surface area contributed by atoms with Gasteiger partial charge in [-0.15, -0.1) is 0 Å². The van der Waals surface area contributed by atoms with Crippen LogP contribution in [0.1, 0.15) is 25.2 Å². The first-order valence-electron chi connectivity index (χ1n) is 8.00. The lowest BCUT2D eigenvalue weighted by atomic mass is 10.2. The molecule has 0 aliphatic rings. The average molecular weight is 366 g/mol. The van der Waals surface area contributed by atoms with Gasteiger partial charge in [0.2, 0.25) is 0 Å². The molecule has 136 valence electrons. The Morgan fingerprint density at radius 2 is 1.92 bits per heavy atom. The van der Waals surface area contributed by atoms with Gasteiger partial charge in [0.1, 0.15) is 11.5 Å². The van der Waals surface area contributed by atoms with E-state index in [2.05, 4.69) is 5.32 Å². The predicted molar refractivity (Wildman–Crippen MR) is 93.6 cm³/mol. The number of nitrogens with zero attached hydrogens (tertiary/aromatic N) is 1. The van der Waals surface area contributed by atoms with Gasteiger partial charge in [-0.2, -0.15) is 8.42 Å². The highest BCUT2D eigenvalue weighted by molar-refractivity contribution is 7.87. The first-order valence-corrected chi connectivity index (χ1v) is 9.58. The van der Waals surface area contributed by atoms with Gasteiger partial charge in [-0.25, -0.2) is 4.79 Å². The fraction of sp³-hybridized carbons (Fsp3) is 0.353. The molecule has 0 aliphatic carbocycles. The molecule has 1 aromatic heterocycles. The average Bonchev–Trinajstić information content (AvgIpc) is 3.09. The lowest BCUT2D eigenvalue weighted by molar-refractivity contribution is 0.187. The van der Waals surface area contributed by atoms with Crippen molar-refractivity contribution in [2.24, 2.45) is 0 Å². The zero-order valence-electron chi connectivity index (χ0n) is 14.3. The molecule has 1 N–H and O–H groups in total. The monoisotopic (exact) mass is 366 g/mol. The van der Waals surface area contributed by atoms with Crippen LogP contribution in [0.15, 0.2) is 47.1 Å². The van der Waals surface area contributed by atoms with Crippen molar-refractivity contribution in [2.45, 2.75) is 26.9 Å². The molecule has 0 aliphatic heterocycles. The maximum atomic E-state index is 12.3. The zero-order valence-corrected chi connectivity index (χ0v) is 15.1. The summed E-state index contributed by atoms with van der Waals surface area (Å²) in [6.07, 6.45) is 1.54. The second kappa shape index (κ2) is 8.57. The van der Waals surface area contributed by atoms with Gasteiger partial charge in [0.05, 0.1) is 25.1 Å². The number of benzene rings is 1. The normalized spacial score (nSPS) is 11.1. The van der Waals surface area contributed by atoms with E-state index in [1.54, 1.807) is 36.4 Å². The Balaban J connectivity index is 2.24. The van der Waals surface area contributed by atoms with E-state index in [1.807, 2.05) is 6.92 Å². The molecule has 1 aromatic carbocycles. The Labute approximate surface area is 147 Å². The van der Waals surface area contributed by atoms with Gasteiger partial charge in [0.15, 0.2) is 0 Å². The summed E-state index contributed by atoms with van der Waals surface area (Å²) in [7, 11) is -3.65. The molecule has 0 fully saturated rings. The fourth-order valence-electron chi connectivity index (χ4n) is 2.17. The SMILES string of the molecule is CCNC(=O)N(Cc1ccco1)Cc1ccccc1OS(=O)(=O)CC. The largest absolute Gasteiger partial charge is 0.467 e. The molecule has 1 heterocycles. The van der Waals surface area contributed by atoms with Crippen molar-refractivity contribution >= 4 is 16.1 Å². The van der Waals surface area contributed by atoms with E-state index >= 15 is 0 Å².